The standard InChI is InChI=1S/C18H28N2O/c1-3-14(4-2)18(21)20-19-17-11-7-10-16(12-13-17)15-8-5-6-9-15/h3-4,15-16H,1,5-13H2,2H3,(H,20,21)/b14-4+,19-17+. The van der Waals surface area contributed by atoms with Crippen molar-refractivity contribution in [1.82, 2.24) is 5.43 Å². The summed E-state index contributed by atoms with van der Waals surface area (Å²) in [7, 11) is 0. The van der Waals surface area contributed by atoms with Gasteiger partial charge in [0, 0.05) is 11.3 Å². The molecular formula is C18H28N2O. The number of amides is 1. The van der Waals surface area contributed by atoms with Crippen molar-refractivity contribution < 1.29 is 4.79 Å². The molecule has 0 aromatic rings. The first-order valence-corrected chi connectivity index (χ1v) is 8.39. The SMILES string of the molecule is C=C/C(=C\C)C(=O)N/N=C1\CCCC(C2CCCC2)CC1. The first-order valence-electron chi connectivity index (χ1n) is 8.39. The van der Waals surface area contributed by atoms with E-state index in [-0.39, 0.29) is 5.91 Å². The maximum absolute atomic E-state index is 11.8. The molecule has 116 valence electrons. The number of nitrogens with zero attached hydrogens (tertiary/aromatic N) is 1. The summed E-state index contributed by atoms with van der Waals surface area (Å²) in [5.74, 6) is 1.68. The van der Waals surface area contributed by atoms with Gasteiger partial charge in [0.15, 0.2) is 0 Å². The number of allylic oxidation sites excluding steroid dienone is 1. The molecule has 1 N–H and O–H groups in total. The summed E-state index contributed by atoms with van der Waals surface area (Å²) in [6.07, 6.45) is 14.9. The Balaban J connectivity index is 1.85. The number of hydrogen-bond donors (Lipinski definition) is 1. The highest BCUT2D eigenvalue weighted by Crippen LogP contribution is 2.37. The second-order valence-electron chi connectivity index (χ2n) is 6.30. The molecular weight excluding hydrogens is 260 g/mol. The molecule has 2 rings (SSSR count). The second-order valence-corrected chi connectivity index (χ2v) is 6.30. The molecule has 0 radical (unpaired) electrons. The minimum atomic E-state index is -0.156. The van der Waals surface area contributed by atoms with Crippen molar-refractivity contribution in [3.05, 3.63) is 24.3 Å². The fraction of sp³-hybridized carbons (Fsp3) is 0.667. The van der Waals surface area contributed by atoms with E-state index in [1.165, 1.54) is 44.9 Å². The molecule has 0 aliphatic heterocycles. The lowest BCUT2D eigenvalue weighted by Crippen LogP contribution is -2.20. The minimum Gasteiger partial charge on any atom is -0.267 e. The highest BCUT2D eigenvalue weighted by molar-refractivity contribution is 5.97. The molecule has 2 aliphatic rings. The van der Waals surface area contributed by atoms with Gasteiger partial charge in [-0.25, -0.2) is 5.43 Å². The number of nitrogens with one attached hydrogen (secondary N) is 1. The number of carbonyl (C=O) groups excluding carboxylic acids is 1. The van der Waals surface area contributed by atoms with Gasteiger partial charge in [0.1, 0.15) is 0 Å². The highest BCUT2D eigenvalue weighted by atomic mass is 16.2. The number of hydrogen-bond acceptors (Lipinski definition) is 2. The Morgan fingerprint density at radius 1 is 1.14 bits per heavy atom. The van der Waals surface area contributed by atoms with Gasteiger partial charge in [-0.2, -0.15) is 5.10 Å². The first-order chi connectivity index (χ1) is 10.2. The Morgan fingerprint density at radius 3 is 2.48 bits per heavy atom. The monoisotopic (exact) mass is 288 g/mol. The summed E-state index contributed by atoms with van der Waals surface area (Å²) in [4.78, 5) is 11.8. The molecule has 1 atom stereocenters. The van der Waals surface area contributed by atoms with Gasteiger partial charge in [0.2, 0.25) is 0 Å². The van der Waals surface area contributed by atoms with Crippen molar-refractivity contribution >= 4 is 11.6 Å². The molecule has 0 bridgehead atoms. The van der Waals surface area contributed by atoms with E-state index in [9.17, 15) is 4.79 Å². The summed E-state index contributed by atoms with van der Waals surface area (Å²) < 4.78 is 0. The minimum absolute atomic E-state index is 0.156. The van der Waals surface area contributed by atoms with Gasteiger partial charge in [-0.1, -0.05) is 44.4 Å². The Bertz CT molecular complexity index is 430. The van der Waals surface area contributed by atoms with Gasteiger partial charge in [-0.05, 0) is 50.9 Å². The van der Waals surface area contributed by atoms with E-state index in [4.69, 9.17) is 0 Å². The smallest absolute Gasteiger partial charge is 0.267 e. The van der Waals surface area contributed by atoms with Crippen molar-refractivity contribution in [3.63, 3.8) is 0 Å². The average Bonchev–Trinajstić information content (AvgIpc) is 2.92. The van der Waals surface area contributed by atoms with Crippen LogP contribution in [0, 0.1) is 11.8 Å². The van der Waals surface area contributed by atoms with Crippen LogP contribution in [0.4, 0.5) is 0 Å². The zero-order chi connectivity index (χ0) is 15.1. The first kappa shape index (κ1) is 16.0. The number of rotatable bonds is 4. The van der Waals surface area contributed by atoms with Crippen LogP contribution in [0.3, 0.4) is 0 Å². The molecule has 2 fully saturated rings. The summed E-state index contributed by atoms with van der Waals surface area (Å²) >= 11 is 0. The van der Waals surface area contributed by atoms with Gasteiger partial charge in [-0.3, -0.25) is 4.79 Å². The average molecular weight is 288 g/mol. The van der Waals surface area contributed by atoms with Crippen LogP contribution in [-0.4, -0.2) is 11.6 Å². The zero-order valence-electron chi connectivity index (χ0n) is 13.2. The molecule has 0 aromatic carbocycles. The van der Waals surface area contributed by atoms with Gasteiger partial charge in [0.25, 0.3) is 5.91 Å². The number of hydrazone groups is 1. The van der Waals surface area contributed by atoms with E-state index in [1.807, 2.05) is 6.92 Å². The fourth-order valence-electron chi connectivity index (χ4n) is 3.74. The van der Waals surface area contributed by atoms with E-state index >= 15 is 0 Å². The Labute approximate surface area is 128 Å². The van der Waals surface area contributed by atoms with E-state index in [0.717, 1.165) is 30.4 Å². The maximum Gasteiger partial charge on any atom is 0.271 e. The third kappa shape index (κ3) is 4.55. The molecule has 1 unspecified atom stereocenters. The molecule has 1 amide bonds. The summed E-state index contributed by atoms with van der Waals surface area (Å²) in [6, 6.07) is 0. The predicted molar refractivity (Wildman–Crippen MR) is 88.1 cm³/mol. The van der Waals surface area contributed by atoms with Crippen LogP contribution in [-0.2, 0) is 4.79 Å². The third-order valence-corrected chi connectivity index (χ3v) is 5.02. The van der Waals surface area contributed by atoms with E-state index in [2.05, 4.69) is 17.1 Å². The van der Waals surface area contributed by atoms with Gasteiger partial charge < -0.3 is 0 Å². The van der Waals surface area contributed by atoms with E-state index < -0.39 is 0 Å². The quantitative estimate of drug-likeness (QED) is 0.355. The lowest BCUT2D eigenvalue weighted by atomic mass is 9.85. The molecule has 2 aliphatic carbocycles. The molecule has 0 aromatic heterocycles. The summed E-state index contributed by atoms with van der Waals surface area (Å²) in [6.45, 7) is 5.47. The van der Waals surface area contributed by atoms with Crippen LogP contribution >= 0.6 is 0 Å². The molecule has 0 heterocycles. The van der Waals surface area contributed by atoms with Crippen molar-refractivity contribution in [1.29, 1.82) is 0 Å². The van der Waals surface area contributed by atoms with Crippen LogP contribution in [0.5, 0.6) is 0 Å². The highest BCUT2D eigenvalue weighted by Gasteiger charge is 2.26. The van der Waals surface area contributed by atoms with Gasteiger partial charge >= 0.3 is 0 Å². The molecule has 2 saturated carbocycles. The van der Waals surface area contributed by atoms with Crippen molar-refractivity contribution in [2.24, 2.45) is 16.9 Å². The van der Waals surface area contributed by atoms with Crippen molar-refractivity contribution in [3.8, 4) is 0 Å². The van der Waals surface area contributed by atoms with E-state index in [0.29, 0.717) is 5.57 Å². The van der Waals surface area contributed by atoms with E-state index in [1.54, 1.807) is 12.2 Å². The fourth-order valence-corrected chi connectivity index (χ4v) is 3.74. The molecule has 0 saturated heterocycles. The molecule has 0 spiro atoms. The predicted octanol–water partition coefficient (Wildman–Crippen LogP) is 4.36. The number of carbonyl (C=O) groups is 1. The van der Waals surface area contributed by atoms with Crippen LogP contribution in [0.1, 0.15) is 64.7 Å². The maximum atomic E-state index is 11.8. The Morgan fingerprint density at radius 2 is 1.81 bits per heavy atom. The normalized spacial score (nSPS) is 26.6. The van der Waals surface area contributed by atoms with Crippen molar-refractivity contribution in [2.75, 3.05) is 0 Å². The molecule has 21 heavy (non-hydrogen) atoms. The largest absolute Gasteiger partial charge is 0.271 e. The topological polar surface area (TPSA) is 41.5 Å². The Hall–Kier alpha value is -1.38. The molecule has 3 nitrogen and oxygen atoms in total. The zero-order valence-corrected chi connectivity index (χ0v) is 13.2. The lowest BCUT2D eigenvalue weighted by molar-refractivity contribution is -0.117. The third-order valence-electron chi connectivity index (χ3n) is 5.02. The van der Waals surface area contributed by atoms with Crippen LogP contribution in [0.2, 0.25) is 0 Å². The summed E-state index contributed by atoms with van der Waals surface area (Å²) in [5.41, 5.74) is 4.41. The second kappa shape index (κ2) is 8.16. The summed E-state index contributed by atoms with van der Waals surface area (Å²) in [5, 5.41) is 4.35. The van der Waals surface area contributed by atoms with Crippen molar-refractivity contribution in [2.45, 2.75) is 64.7 Å². The van der Waals surface area contributed by atoms with Gasteiger partial charge in [0.05, 0.1) is 0 Å². The van der Waals surface area contributed by atoms with Gasteiger partial charge in [-0.15, -0.1) is 0 Å². The Kier molecular flexibility index (Phi) is 6.21. The van der Waals surface area contributed by atoms with Crippen LogP contribution in [0.25, 0.3) is 0 Å². The lowest BCUT2D eigenvalue weighted by Gasteiger charge is -2.20. The van der Waals surface area contributed by atoms with Crippen LogP contribution in [0.15, 0.2) is 29.4 Å². The van der Waals surface area contributed by atoms with Crippen LogP contribution < -0.4 is 5.43 Å². The molecule has 3 heteroatoms.